The van der Waals surface area contributed by atoms with Crippen LogP contribution < -0.4 is 19.7 Å². The SMILES string of the molecule is CCOc1cnc2c(c1)N(c1ccc(OC(F)F)cc1)C(=O)NC2. The minimum absolute atomic E-state index is 0.0209. The Morgan fingerprint density at radius 1 is 1.29 bits per heavy atom. The van der Waals surface area contributed by atoms with Crippen LogP contribution in [0.5, 0.6) is 11.5 Å². The van der Waals surface area contributed by atoms with E-state index >= 15 is 0 Å². The van der Waals surface area contributed by atoms with E-state index in [1.807, 2.05) is 6.92 Å². The second-order valence-corrected chi connectivity index (χ2v) is 4.94. The molecule has 1 aromatic carbocycles. The molecule has 1 aliphatic rings. The third-order valence-electron chi connectivity index (χ3n) is 3.40. The zero-order chi connectivity index (χ0) is 17.1. The molecule has 0 saturated carbocycles. The molecule has 0 unspecified atom stereocenters. The molecule has 1 aliphatic heterocycles. The lowest BCUT2D eigenvalue weighted by Crippen LogP contribution is -2.41. The van der Waals surface area contributed by atoms with Gasteiger partial charge in [0, 0.05) is 6.07 Å². The number of ether oxygens (including phenoxy) is 2. The molecular weight excluding hydrogens is 320 g/mol. The van der Waals surface area contributed by atoms with Crippen molar-refractivity contribution in [2.24, 2.45) is 0 Å². The van der Waals surface area contributed by atoms with Crippen molar-refractivity contribution in [1.29, 1.82) is 0 Å². The van der Waals surface area contributed by atoms with Crippen molar-refractivity contribution in [1.82, 2.24) is 10.3 Å². The van der Waals surface area contributed by atoms with E-state index in [-0.39, 0.29) is 11.8 Å². The van der Waals surface area contributed by atoms with Crippen molar-refractivity contribution < 1.29 is 23.0 Å². The maximum Gasteiger partial charge on any atom is 0.387 e. The van der Waals surface area contributed by atoms with E-state index in [0.717, 1.165) is 0 Å². The van der Waals surface area contributed by atoms with Gasteiger partial charge in [-0.05, 0) is 31.2 Å². The number of nitrogens with one attached hydrogen (secondary N) is 1. The monoisotopic (exact) mass is 335 g/mol. The number of halogens is 2. The molecule has 1 N–H and O–H groups in total. The summed E-state index contributed by atoms with van der Waals surface area (Å²) in [6.07, 6.45) is 1.59. The summed E-state index contributed by atoms with van der Waals surface area (Å²) in [7, 11) is 0. The second-order valence-electron chi connectivity index (χ2n) is 4.94. The van der Waals surface area contributed by atoms with Crippen molar-refractivity contribution in [3.05, 3.63) is 42.2 Å². The summed E-state index contributed by atoms with van der Waals surface area (Å²) in [5.74, 6) is 0.571. The van der Waals surface area contributed by atoms with Gasteiger partial charge in [0.15, 0.2) is 0 Å². The number of hydrogen-bond donors (Lipinski definition) is 1. The molecule has 0 spiro atoms. The van der Waals surface area contributed by atoms with Crippen LogP contribution in [0, 0.1) is 0 Å². The fourth-order valence-electron chi connectivity index (χ4n) is 2.42. The van der Waals surface area contributed by atoms with Crippen LogP contribution in [0.1, 0.15) is 12.6 Å². The first-order chi connectivity index (χ1) is 11.6. The zero-order valence-corrected chi connectivity index (χ0v) is 12.8. The highest BCUT2D eigenvalue weighted by Gasteiger charge is 2.27. The summed E-state index contributed by atoms with van der Waals surface area (Å²) in [6, 6.07) is 7.21. The fraction of sp³-hybridized carbons (Fsp3) is 0.250. The minimum Gasteiger partial charge on any atom is -0.492 e. The fourth-order valence-corrected chi connectivity index (χ4v) is 2.42. The standard InChI is InChI=1S/C16H15F2N3O3/c1-2-23-12-7-14-13(19-8-12)9-20-16(22)21(14)10-3-5-11(6-4-10)24-15(17)18/h3-8,15H,2,9H2,1H3,(H,20,22). The highest BCUT2D eigenvalue weighted by Crippen LogP contribution is 2.34. The quantitative estimate of drug-likeness (QED) is 0.909. The van der Waals surface area contributed by atoms with Gasteiger partial charge in [-0.3, -0.25) is 9.88 Å². The maximum atomic E-state index is 12.3. The summed E-state index contributed by atoms with van der Waals surface area (Å²) < 4.78 is 34.2. The van der Waals surface area contributed by atoms with Crippen LogP contribution in [-0.2, 0) is 6.54 Å². The van der Waals surface area contributed by atoms with Crippen molar-refractivity contribution in [2.45, 2.75) is 20.1 Å². The molecule has 0 atom stereocenters. The number of alkyl halides is 2. The number of carbonyl (C=O) groups excluding carboxylic acids is 1. The molecule has 2 amide bonds. The molecule has 6 nitrogen and oxygen atoms in total. The minimum atomic E-state index is -2.90. The lowest BCUT2D eigenvalue weighted by molar-refractivity contribution is -0.0498. The third kappa shape index (κ3) is 3.22. The van der Waals surface area contributed by atoms with Crippen molar-refractivity contribution in [3.8, 4) is 11.5 Å². The molecule has 24 heavy (non-hydrogen) atoms. The van der Waals surface area contributed by atoms with E-state index < -0.39 is 6.61 Å². The predicted octanol–water partition coefficient (Wildman–Crippen LogP) is 3.44. The number of nitrogens with zero attached hydrogens (tertiary/aromatic N) is 2. The maximum absolute atomic E-state index is 12.3. The number of hydrogen-bond acceptors (Lipinski definition) is 4. The van der Waals surface area contributed by atoms with Gasteiger partial charge in [-0.25, -0.2) is 4.79 Å². The Morgan fingerprint density at radius 3 is 2.71 bits per heavy atom. The lowest BCUT2D eigenvalue weighted by atomic mass is 10.2. The Morgan fingerprint density at radius 2 is 2.04 bits per heavy atom. The normalized spacial score (nSPS) is 13.5. The molecule has 8 heteroatoms. The zero-order valence-electron chi connectivity index (χ0n) is 12.8. The summed E-state index contributed by atoms with van der Waals surface area (Å²) in [6.45, 7) is -0.255. The van der Waals surface area contributed by atoms with Gasteiger partial charge in [0.25, 0.3) is 0 Å². The number of urea groups is 1. The first-order valence-corrected chi connectivity index (χ1v) is 7.33. The van der Waals surface area contributed by atoms with Crippen LogP contribution in [0.4, 0.5) is 25.0 Å². The number of carbonyl (C=O) groups is 1. The summed E-state index contributed by atoms with van der Waals surface area (Å²) in [5.41, 5.74) is 1.78. The summed E-state index contributed by atoms with van der Waals surface area (Å²) >= 11 is 0. The van der Waals surface area contributed by atoms with Gasteiger partial charge in [0.05, 0.1) is 36.4 Å². The number of benzene rings is 1. The van der Waals surface area contributed by atoms with E-state index in [2.05, 4.69) is 15.0 Å². The largest absolute Gasteiger partial charge is 0.492 e. The molecule has 0 aliphatic carbocycles. The van der Waals surface area contributed by atoms with Crippen LogP contribution in [0.3, 0.4) is 0 Å². The number of rotatable bonds is 5. The van der Waals surface area contributed by atoms with Crippen molar-refractivity contribution in [3.63, 3.8) is 0 Å². The van der Waals surface area contributed by atoms with Crippen molar-refractivity contribution in [2.75, 3.05) is 11.5 Å². The third-order valence-corrected chi connectivity index (χ3v) is 3.40. The molecule has 0 bridgehead atoms. The topological polar surface area (TPSA) is 63.7 Å². The van der Waals surface area contributed by atoms with E-state index in [1.165, 1.54) is 29.2 Å². The Kier molecular flexibility index (Phi) is 4.45. The number of fused-ring (bicyclic) bond motifs is 1. The predicted molar refractivity (Wildman–Crippen MR) is 82.9 cm³/mol. The van der Waals surface area contributed by atoms with Crippen LogP contribution in [0.25, 0.3) is 0 Å². The van der Waals surface area contributed by atoms with Crippen LogP contribution >= 0.6 is 0 Å². The van der Waals surface area contributed by atoms with Gasteiger partial charge < -0.3 is 14.8 Å². The van der Waals surface area contributed by atoms with Gasteiger partial charge in [0.1, 0.15) is 11.5 Å². The van der Waals surface area contributed by atoms with Gasteiger partial charge in [0.2, 0.25) is 0 Å². The Hall–Kier alpha value is -2.90. The molecule has 1 aromatic heterocycles. The van der Waals surface area contributed by atoms with Gasteiger partial charge >= 0.3 is 12.6 Å². The first kappa shape index (κ1) is 16.0. The second kappa shape index (κ2) is 6.69. The molecular formula is C16H15F2N3O3. The van der Waals surface area contributed by atoms with Gasteiger partial charge in [-0.2, -0.15) is 8.78 Å². The molecule has 2 aromatic rings. The first-order valence-electron chi connectivity index (χ1n) is 7.33. The smallest absolute Gasteiger partial charge is 0.387 e. The van der Waals surface area contributed by atoms with Crippen molar-refractivity contribution >= 4 is 17.4 Å². The lowest BCUT2D eigenvalue weighted by Gasteiger charge is -2.29. The van der Waals surface area contributed by atoms with Gasteiger partial charge in [-0.15, -0.1) is 0 Å². The highest BCUT2D eigenvalue weighted by molar-refractivity contribution is 6.01. The molecule has 0 radical (unpaired) electrons. The molecule has 2 heterocycles. The number of aromatic nitrogens is 1. The van der Waals surface area contributed by atoms with Crippen LogP contribution in [-0.4, -0.2) is 24.2 Å². The Balaban J connectivity index is 1.95. The molecule has 126 valence electrons. The van der Waals surface area contributed by atoms with Gasteiger partial charge in [-0.1, -0.05) is 0 Å². The average Bonchev–Trinajstić information content (AvgIpc) is 2.55. The molecule has 0 saturated heterocycles. The number of pyridine rings is 1. The van der Waals surface area contributed by atoms with E-state index in [1.54, 1.807) is 12.3 Å². The Bertz CT molecular complexity index is 738. The average molecular weight is 335 g/mol. The number of amides is 2. The summed E-state index contributed by atoms with van der Waals surface area (Å²) in [4.78, 5) is 18.0. The Labute approximate surface area is 137 Å². The summed E-state index contributed by atoms with van der Waals surface area (Å²) in [5, 5.41) is 2.72. The van der Waals surface area contributed by atoms with Crippen LogP contribution in [0.2, 0.25) is 0 Å². The van der Waals surface area contributed by atoms with E-state index in [4.69, 9.17) is 4.74 Å². The number of anilines is 2. The van der Waals surface area contributed by atoms with E-state index in [9.17, 15) is 13.6 Å². The molecule has 0 fully saturated rings. The van der Waals surface area contributed by atoms with Crippen LogP contribution in [0.15, 0.2) is 36.5 Å². The highest BCUT2D eigenvalue weighted by atomic mass is 19.3. The molecule has 3 rings (SSSR count). The van der Waals surface area contributed by atoms with E-state index in [0.29, 0.717) is 36.0 Å².